The van der Waals surface area contributed by atoms with Crippen LogP contribution in [0.1, 0.15) is 35.4 Å². The zero-order chi connectivity index (χ0) is 15.6. The first-order valence-electron chi connectivity index (χ1n) is 6.68. The van der Waals surface area contributed by atoms with Gasteiger partial charge >= 0.3 is 0 Å². The molecule has 21 heavy (non-hydrogen) atoms. The van der Waals surface area contributed by atoms with Crippen molar-refractivity contribution in [3.63, 3.8) is 0 Å². The van der Waals surface area contributed by atoms with E-state index >= 15 is 0 Å². The number of thiophene rings is 1. The van der Waals surface area contributed by atoms with Crippen molar-refractivity contribution in [2.75, 3.05) is 0 Å². The van der Waals surface area contributed by atoms with Crippen LogP contribution < -0.4 is 4.72 Å². The molecular weight excluding hydrogens is 370 g/mol. The molecule has 1 aromatic carbocycles. The van der Waals surface area contributed by atoms with Gasteiger partial charge in [0.1, 0.15) is 0 Å². The highest BCUT2D eigenvalue weighted by molar-refractivity contribution is 9.11. The van der Waals surface area contributed by atoms with Gasteiger partial charge in [-0.2, -0.15) is 0 Å². The van der Waals surface area contributed by atoms with Gasteiger partial charge in [-0.3, -0.25) is 0 Å². The Kier molecular flexibility index (Phi) is 5.24. The van der Waals surface area contributed by atoms with Crippen molar-refractivity contribution in [1.82, 2.24) is 4.72 Å². The van der Waals surface area contributed by atoms with E-state index < -0.39 is 10.0 Å². The number of halogens is 1. The lowest BCUT2D eigenvalue weighted by Crippen LogP contribution is -2.28. The van der Waals surface area contributed by atoms with Crippen LogP contribution in [0.4, 0.5) is 0 Å². The summed E-state index contributed by atoms with van der Waals surface area (Å²) in [5, 5.41) is 0. The maximum absolute atomic E-state index is 12.6. The lowest BCUT2D eigenvalue weighted by molar-refractivity contribution is 0.550. The molecule has 0 aliphatic heterocycles. The van der Waals surface area contributed by atoms with Gasteiger partial charge in [0.2, 0.25) is 10.0 Å². The molecule has 0 aliphatic carbocycles. The Morgan fingerprint density at radius 1 is 1.24 bits per heavy atom. The molecule has 0 bridgehead atoms. The second-order valence-corrected chi connectivity index (χ2v) is 9.28. The third-order valence-electron chi connectivity index (χ3n) is 3.32. The van der Waals surface area contributed by atoms with E-state index in [1.54, 1.807) is 6.07 Å². The topological polar surface area (TPSA) is 46.2 Å². The third kappa shape index (κ3) is 3.94. The quantitative estimate of drug-likeness (QED) is 0.817. The molecule has 3 nitrogen and oxygen atoms in total. The Hall–Kier alpha value is -0.690. The fourth-order valence-electron chi connectivity index (χ4n) is 2.13. The van der Waals surface area contributed by atoms with Crippen LogP contribution in [-0.4, -0.2) is 8.42 Å². The SMILES string of the molecule is CCC(NS(=O)(=O)c1cc(Br)sc1C)c1ccc(C)cc1. The Bertz CT molecular complexity index is 721. The molecule has 1 N–H and O–H groups in total. The second kappa shape index (κ2) is 6.60. The van der Waals surface area contributed by atoms with Crippen molar-refractivity contribution >= 4 is 37.3 Å². The molecule has 1 aromatic heterocycles. The van der Waals surface area contributed by atoms with Crippen molar-refractivity contribution < 1.29 is 8.42 Å². The molecule has 2 aromatic rings. The summed E-state index contributed by atoms with van der Waals surface area (Å²) in [5.41, 5.74) is 2.15. The van der Waals surface area contributed by atoms with E-state index in [9.17, 15) is 8.42 Å². The van der Waals surface area contributed by atoms with E-state index in [1.165, 1.54) is 11.3 Å². The van der Waals surface area contributed by atoms with Crippen LogP contribution in [0.2, 0.25) is 0 Å². The average molecular weight is 388 g/mol. The van der Waals surface area contributed by atoms with E-state index in [-0.39, 0.29) is 6.04 Å². The lowest BCUT2D eigenvalue weighted by Gasteiger charge is -2.17. The number of benzene rings is 1. The second-order valence-electron chi connectivity index (χ2n) is 4.96. The molecule has 0 radical (unpaired) electrons. The summed E-state index contributed by atoms with van der Waals surface area (Å²) < 4.78 is 28.7. The Morgan fingerprint density at radius 2 is 1.86 bits per heavy atom. The summed E-state index contributed by atoms with van der Waals surface area (Å²) in [5.74, 6) is 0. The average Bonchev–Trinajstić information content (AvgIpc) is 2.77. The minimum absolute atomic E-state index is 0.214. The lowest BCUT2D eigenvalue weighted by atomic mass is 10.0. The van der Waals surface area contributed by atoms with Gasteiger partial charge in [-0.05, 0) is 47.8 Å². The molecule has 0 spiro atoms. The third-order valence-corrected chi connectivity index (χ3v) is 6.60. The van der Waals surface area contributed by atoms with Gasteiger partial charge < -0.3 is 0 Å². The largest absolute Gasteiger partial charge is 0.242 e. The normalized spacial score (nSPS) is 13.3. The maximum atomic E-state index is 12.6. The van der Waals surface area contributed by atoms with Crippen molar-refractivity contribution in [3.05, 3.63) is 50.1 Å². The van der Waals surface area contributed by atoms with Gasteiger partial charge in [0.15, 0.2) is 0 Å². The van der Waals surface area contributed by atoms with Crippen LogP contribution in [0.3, 0.4) is 0 Å². The molecule has 1 atom stereocenters. The van der Waals surface area contributed by atoms with Crippen LogP contribution in [0.15, 0.2) is 39.0 Å². The predicted octanol–water partition coefficient (Wildman–Crippen LogP) is 4.56. The fraction of sp³-hybridized carbons (Fsp3) is 0.333. The van der Waals surface area contributed by atoms with Crippen molar-refractivity contribution in [3.8, 4) is 0 Å². The predicted molar refractivity (Wildman–Crippen MR) is 91.3 cm³/mol. The molecule has 114 valence electrons. The summed E-state index contributed by atoms with van der Waals surface area (Å²) in [6.45, 7) is 5.81. The highest BCUT2D eigenvalue weighted by atomic mass is 79.9. The standard InChI is InChI=1S/C15H18BrNO2S2/c1-4-13(12-7-5-10(2)6-8-12)17-21(18,19)14-9-15(16)20-11(14)3/h5-9,13,17H,4H2,1-3H3. The Balaban J connectivity index is 2.29. The number of rotatable bonds is 5. The first-order valence-corrected chi connectivity index (χ1v) is 9.77. The summed E-state index contributed by atoms with van der Waals surface area (Å²) in [7, 11) is -3.51. The Labute approximate surface area is 138 Å². The smallest absolute Gasteiger partial charge is 0.207 e. The maximum Gasteiger partial charge on any atom is 0.242 e. The van der Waals surface area contributed by atoms with Crippen molar-refractivity contribution in [2.24, 2.45) is 0 Å². The minimum atomic E-state index is -3.51. The van der Waals surface area contributed by atoms with Crippen molar-refractivity contribution in [1.29, 1.82) is 0 Å². The molecule has 0 saturated heterocycles. The van der Waals surface area contributed by atoms with Crippen LogP contribution in [-0.2, 0) is 10.0 Å². The first-order chi connectivity index (χ1) is 9.83. The van der Waals surface area contributed by atoms with E-state index in [1.807, 2.05) is 45.0 Å². The highest BCUT2D eigenvalue weighted by Crippen LogP contribution is 2.30. The number of aryl methyl sites for hydroxylation is 2. The highest BCUT2D eigenvalue weighted by Gasteiger charge is 2.23. The van der Waals surface area contributed by atoms with Crippen LogP contribution in [0.25, 0.3) is 0 Å². The van der Waals surface area contributed by atoms with Gasteiger partial charge in [0, 0.05) is 10.9 Å². The first kappa shape index (κ1) is 16.7. The summed E-state index contributed by atoms with van der Waals surface area (Å²) in [6, 6.07) is 9.39. The summed E-state index contributed by atoms with van der Waals surface area (Å²) >= 11 is 4.76. The molecule has 1 unspecified atom stereocenters. The van der Waals surface area contributed by atoms with E-state index in [0.717, 1.165) is 19.8 Å². The molecule has 0 saturated carbocycles. The van der Waals surface area contributed by atoms with E-state index in [4.69, 9.17) is 0 Å². The molecule has 0 amide bonds. The monoisotopic (exact) mass is 387 g/mol. The van der Waals surface area contributed by atoms with E-state index in [2.05, 4.69) is 20.7 Å². The van der Waals surface area contributed by atoms with Crippen molar-refractivity contribution in [2.45, 2.75) is 38.1 Å². The zero-order valence-electron chi connectivity index (χ0n) is 12.2. The fourth-order valence-corrected chi connectivity index (χ4v) is 5.86. The molecule has 1 heterocycles. The number of hydrogen-bond donors (Lipinski definition) is 1. The number of hydrogen-bond acceptors (Lipinski definition) is 3. The molecular formula is C15H18BrNO2S2. The molecule has 0 fully saturated rings. The molecule has 0 aliphatic rings. The summed E-state index contributed by atoms with van der Waals surface area (Å²) in [6.07, 6.45) is 0.701. The zero-order valence-corrected chi connectivity index (χ0v) is 15.4. The number of nitrogens with one attached hydrogen (secondary N) is 1. The summed E-state index contributed by atoms with van der Waals surface area (Å²) in [4.78, 5) is 1.14. The number of sulfonamides is 1. The van der Waals surface area contributed by atoms with E-state index in [0.29, 0.717) is 11.3 Å². The van der Waals surface area contributed by atoms with Crippen LogP contribution >= 0.6 is 27.3 Å². The Morgan fingerprint density at radius 3 is 2.33 bits per heavy atom. The van der Waals surface area contributed by atoms with Gasteiger partial charge in [-0.25, -0.2) is 13.1 Å². The molecule has 6 heteroatoms. The van der Waals surface area contributed by atoms with Crippen LogP contribution in [0.5, 0.6) is 0 Å². The van der Waals surface area contributed by atoms with Crippen LogP contribution in [0, 0.1) is 13.8 Å². The van der Waals surface area contributed by atoms with Gasteiger partial charge in [0.25, 0.3) is 0 Å². The minimum Gasteiger partial charge on any atom is -0.207 e. The van der Waals surface area contributed by atoms with Gasteiger partial charge in [-0.1, -0.05) is 36.8 Å². The van der Waals surface area contributed by atoms with Gasteiger partial charge in [0.05, 0.1) is 8.68 Å². The molecule has 2 rings (SSSR count). The van der Waals surface area contributed by atoms with Gasteiger partial charge in [-0.15, -0.1) is 11.3 Å².